The molecule has 1 saturated heterocycles. The fourth-order valence-corrected chi connectivity index (χ4v) is 4.05. The highest BCUT2D eigenvalue weighted by Crippen LogP contribution is 2.34. The molecule has 174 valence electrons. The van der Waals surface area contributed by atoms with Gasteiger partial charge in [0, 0.05) is 50.3 Å². The van der Waals surface area contributed by atoms with E-state index in [0.29, 0.717) is 61.7 Å². The number of rotatable bonds is 6. The fourth-order valence-electron chi connectivity index (χ4n) is 4.05. The van der Waals surface area contributed by atoms with E-state index in [9.17, 15) is 4.79 Å². The fraction of sp³-hybridized carbons (Fsp3) is 0.280. The lowest BCUT2D eigenvalue weighted by atomic mass is 10.1. The van der Waals surface area contributed by atoms with Crippen LogP contribution in [0, 0.1) is 6.92 Å². The number of carbonyl (C=O) groups is 1. The van der Waals surface area contributed by atoms with Crippen LogP contribution in [-0.2, 0) is 11.3 Å². The SMILES string of the molecule is COc1cc(N2CCC(=O)N(Cc3noc(-c4ccccc4)n3)CC2)ccc1-c1cnc(C)o1. The number of aryl methyl sites for hydroxylation is 1. The van der Waals surface area contributed by atoms with Gasteiger partial charge in [0.05, 0.1) is 25.4 Å². The first-order chi connectivity index (χ1) is 16.6. The predicted molar refractivity (Wildman–Crippen MR) is 125 cm³/mol. The summed E-state index contributed by atoms with van der Waals surface area (Å²) in [4.78, 5) is 25.4. The number of hydrogen-bond acceptors (Lipinski definition) is 8. The number of aromatic nitrogens is 3. The van der Waals surface area contributed by atoms with Crippen molar-refractivity contribution >= 4 is 11.6 Å². The van der Waals surface area contributed by atoms with Crippen molar-refractivity contribution in [2.24, 2.45) is 0 Å². The highest BCUT2D eigenvalue weighted by Gasteiger charge is 2.24. The Morgan fingerprint density at radius 1 is 1.09 bits per heavy atom. The number of ether oxygens (including phenoxy) is 1. The first kappa shape index (κ1) is 21.7. The summed E-state index contributed by atoms with van der Waals surface area (Å²) in [6, 6.07) is 15.5. The Balaban J connectivity index is 1.28. The lowest BCUT2D eigenvalue weighted by molar-refractivity contribution is -0.131. The van der Waals surface area contributed by atoms with Gasteiger partial charge in [-0.2, -0.15) is 4.98 Å². The van der Waals surface area contributed by atoms with Gasteiger partial charge in [0.1, 0.15) is 5.75 Å². The van der Waals surface area contributed by atoms with Crippen molar-refractivity contribution < 1.29 is 18.5 Å². The van der Waals surface area contributed by atoms with E-state index in [4.69, 9.17) is 13.7 Å². The van der Waals surface area contributed by atoms with Crippen LogP contribution in [0.4, 0.5) is 5.69 Å². The zero-order chi connectivity index (χ0) is 23.5. The maximum Gasteiger partial charge on any atom is 0.257 e. The van der Waals surface area contributed by atoms with E-state index in [1.165, 1.54) is 0 Å². The van der Waals surface area contributed by atoms with Crippen LogP contribution in [0.15, 0.2) is 63.7 Å². The summed E-state index contributed by atoms with van der Waals surface area (Å²) in [5.74, 6) is 2.97. The van der Waals surface area contributed by atoms with Crippen molar-refractivity contribution in [3.8, 4) is 28.5 Å². The minimum atomic E-state index is 0.0641. The third-order valence-electron chi connectivity index (χ3n) is 5.85. The average Bonchev–Trinajstić information content (AvgIpc) is 3.48. The van der Waals surface area contributed by atoms with E-state index in [-0.39, 0.29) is 5.91 Å². The monoisotopic (exact) mass is 459 g/mol. The smallest absolute Gasteiger partial charge is 0.257 e. The second kappa shape index (κ2) is 9.38. The molecule has 4 aromatic rings. The molecule has 3 heterocycles. The van der Waals surface area contributed by atoms with Gasteiger partial charge >= 0.3 is 0 Å². The zero-order valence-electron chi connectivity index (χ0n) is 19.1. The average molecular weight is 460 g/mol. The van der Waals surface area contributed by atoms with Crippen molar-refractivity contribution in [3.63, 3.8) is 0 Å². The largest absolute Gasteiger partial charge is 0.496 e. The second-order valence-electron chi connectivity index (χ2n) is 8.06. The molecule has 0 unspecified atom stereocenters. The van der Waals surface area contributed by atoms with Crippen molar-refractivity contribution in [1.29, 1.82) is 0 Å². The van der Waals surface area contributed by atoms with E-state index in [2.05, 4.69) is 20.0 Å². The molecule has 1 amide bonds. The third kappa shape index (κ3) is 4.50. The Hall–Kier alpha value is -4.14. The van der Waals surface area contributed by atoms with E-state index in [1.54, 1.807) is 25.1 Å². The molecule has 0 spiro atoms. The van der Waals surface area contributed by atoms with Gasteiger partial charge in [0.25, 0.3) is 5.89 Å². The molecule has 9 heteroatoms. The number of benzene rings is 2. The number of methoxy groups -OCH3 is 1. The molecule has 0 N–H and O–H groups in total. The maximum atomic E-state index is 12.8. The number of anilines is 1. The highest BCUT2D eigenvalue weighted by molar-refractivity contribution is 5.78. The summed E-state index contributed by atoms with van der Waals surface area (Å²) >= 11 is 0. The third-order valence-corrected chi connectivity index (χ3v) is 5.85. The van der Waals surface area contributed by atoms with E-state index in [0.717, 1.165) is 16.8 Å². The Morgan fingerprint density at radius 3 is 2.71 bits per heavy atom. The lowest BCUT2D eigenvalue weighted by Gasteiger charge is -2.24. The first-order valence-electron chi connectivity index (χ1n) is 11.1. The second-order valence-corrected chi connectivity index (χ2v) is 8.06. The quantitative estimate of drug-likeness (QED) is 0.428. The molecule has 34 heavy (non-hydrogen) atoms. The van der Waals surface area contributed by atoms with Crippen LogP contribution in [0.25, 0.3) is 22.8 Å². The Kier molecular flexibility index (Phi) is 5.99. The molecule has 0 bridgehead atoms. The van der Waals surface area contributed by atoms with Crippen LogP contribution >= 0.6 is 0 Å². The molecule has 2 aromatic carbocycles. The van der Waals surface area contributed by atoms with Crippen LogP contribution in [-0.4, -0.2) is 52.7 Å². The lowest BCUT2D eigenvalue weighted by Crippen LogP contribution is -2.33. The molecule has 1 aliphatic heterocycles. The summed E-state index contributed by atoms with van der Waals surface area (Å²) < 4.78 is 16.7. The van der Waals surface area contributed by atoms with E-state index >= 15 is 0 Å². The van der Waals surface area contributed by atoms with Gasteiger partial charge in [-0.3, -0.25) is 4.79 Å². The molecule has 0 aliphatic carbocycles. The summed E-state index contributed by atoms with van der Waals surface area (Å²) in [5, 5.41) is 4.07. The molecule has 1 aliphatic rings. The molecule has 0 atom stereocenters. The Morgan fingerprint density at radius 2 is 1.94 bits per heavy atom. The van der Waals surface area contributed by atoms with Crippen molar-refractivity contribution in [2.75, 3.05) is 31.6 Å². The van der Waals surface area contributed by atoms with Crippen LogP contribution in [0.1, 0.15) is 18.1 Å². The van der Waals surface area contributed by atoms with Crippen LogP contribution in [0.2, 0.25) is 0 Å². The van der Waals surface area contributed by atoms with E-state index < -0.39 is 0 Å². The van der Waals surface area contributed by atoms with Gasteiger partial charge in [-0.15, -0.1) is 0 Å². The van der Waals surface area contributed by atoms with Gasteiger partial charge in [-0.25, -0.2) is 4.98 Å². The van der Waals surface area contributed by atoms with E-state index in [1.807, 2.05) is 48.5 Å². The van der Waals surface area contributed by atoms with Gasteiger partial charge in [-0.1, -0.05) is 23.4 Å². The number of oxazole rings is 1. The highest BCUT2D eigenvalue weighted by atomic mass is 16.5. The molecule has 2 aromatic heterocycles. The van der Waals surface area contributed by atoms with Gasteiger partial charge in [0.2, 0.25) is 5.91 Å². The van der Waals surface area contributed by atoms with Crippen molar-refractivity contribution in [1.82, 2.24) is 20.0 Å². The van der Waals surface area contributed by atoms with Crippen LogP contribution in [0.5, 0.6) is 5.75 Å². The minimum Gasteiger partial charge on any atom is -0.496 e. The van der Waals surface area contributed by atoms with Crippen LogP contribution in [0.3, 0.4) is 0 Å². The minimum absolute atomic E-state index is 0.0641. The Bertz CT molecular complexity index is 1280. The number of nitrogens with zero attached hydrogens (tertiary/aromatic N) is 5. The predicted octanol–water partition coefficient (Wildman–Crippen LogP) is 3.95. The molecule has 5 rings (SSSR count). The van der Waals surface area contributed by atoms with Gasteiger partial charge in [-0.05, 0) is 24.3 Å². The molecular weight excluding hydrogens is 434 g/mol. The summed E-state index contributed by atoms with van der Waals surface area (Å²) in [7, 11) is 1.63. The molecule has 0 radical (unpaired) electrons. The van der Waals surface area contributed by atoms with Gasteiger partial charge < -0.3 is 23.5 Å². The molecule has 1 fully saturated rings. The standard InChI is InChI=1S/C25H25N5O4/c1-17-26-15-22(33-17)20-9-8-19(14-21(20)32-2)29-11-10-24(31)30(13-12-29)16-23-27-25(34-28-23)18-6-4-3-5-7-18/h3-9,14-15H,10-13,16H2,1-2H3. The normalized spacial score (nSPS) is 14.4. The maximum absolute atomic E-state index is 12.8. The topological polar surface area (TPSA) is 97.7 Å². The Labute approximate surface area is 197 Å². The summed E-state index contributed by atoms with van der Waals surface area (Å²) in [5.41, 5.74) is 2.68. The summed E-state index contributed by atoms with van der Waals surface area (Å²) in [6.45, 7) is 3.97. The van der Waals surface area contributed by atoms with Gasteiger partial charge in [0.15, 0.2) is 17.5 Å². The van der Waals surface area contributed by atoms with Crippen molar-refractivity contribution in [3.05, 3.63) is 66.4 Å². The molecular formula is C25H25N5O4. The summed E-state index contributed by atoms with van der Waals surface area (Å²) in [6.07, 6.45) is 2.09. The van der Waals surface area contributed by atoms with Crippen LogP contribution < -0.4 is 9.64 Å². The molecule has 0 saturated carbocycles. The zero-order valence-corrected chi connectivity index (χ0v) is 19.1. The number of carbonyl (C=O) groups excluding carboxylic acids is 1. The first-order valence-corrected chi connectivity index (χ1v) is 11.1. The number of amides is 1. The van der Waals surface area contributed by atoms with Crippen molar-refractivity contribution in [2.45, 2.75) is 19.9 Å². The molecule has 9 nitrogen and oxygen atoms in total. The number of hydrogen-bond donors (Lipinski definition) is 0.